The van der Waals surface area contributed by atoms with Crippen molar-refractivity contribution < 1.29 is 13.9 Å². The van der Waals surface area contributed by atoms with Crippen LogP contribution >= 0.6 is 11.8 Å². The number of ether oxygens (including phenoxy) is 1. The van der Waals surface area contributed by atoms with Gasteiger partial charge in [0, 0.05) is 7.05 Å². The van der Waals surface area contributed by atoms with Crippen LogP contribution in [0.15, 0.2) is 58.4 Å². The predicted molar refractivity (Wildman–Crippen MR) is 104 cm³/mol. The Kier molecular flexibility index (Phi) is 5.42. The van der Waals surface area contributed by atoms with E-state index in [0.29, 0.717) is 15.8 Å². The van der Waals surface area contributed by atoms with Gasteiger partial charge in [0.15, 0.2) is 5.17 Å². The summed E-state index contributed by atoms with van der Waals surface area (Å²) in [5.74, 6) is 0.325. The van der Waals surface area contributed by atoms with Gasteiger partial charge in [-0.3, -0.25) is 9.69 Å². The van der Waals surface area contributed by atoms with E-state index in [9.17, 15) is 9.18 Å². The highest BCUT2D eigenvalue weighted by Gasteiger charge is 2.30. The van der Waals surface area contributed by atoms with Crippen LogP contribution in [-0.2, 0) is 4.79 Å². The first-order valence-electron chi connectivity index (χ1n) is 8.21. The summed E-state index contributed by atoms with van der Waals surface area (Å²) in [5, 5.41) is 0.558. The first kappa shape index (κ1) is 18.2. The molecule has 0 atom stereocenters. The maximum absolute atomic E-state index is 13.0. The van der Waals surface area contributed by atoms with Gasteiger partial charge in [0.1, 0.15) is 11.6 Å². The molecule has 0 spiro atoms. The van der Waals surface area contributed by atoms with Gasteiger partial charge in [0.2, 0.25) is 0 Å². The minimum Gasteiger partial charge on any atom is -0.491 e. The third-order valence-corrected chi connectivity index (χ3v) is 4.64. The van der Waals surface area contributed by atoms with Gasteiger partial charge in [0.05, 0.1) is 16.7 Å². The lowest BCUT2D eigenvalue weighted by molar-refractivity contribution is -0.121. The van der Waals surface area contributed by atoms with E-state index < -0.39 is 0 Å². The molecule has 2 aromatic carbocycles. The molecule has 6 heteroatoms. The van der Waals surface area contributed by atoms with Crippen molar-refractivity contribution in [2.45, 2.75) is 20.0 Å². The number of thioether (sulfide) groups is 1. The quantitative estimate of drug-likeness (QED) is 0.723. The normalized spacial score (nSPS) is 17.6. The molecule has 0 aliphatic carbocycles. The van der Waals surface area contributed by atoms with Crippen LogP contribution in [0.2, 0.25) is 0 Å². The molecule has 0 radical (unpaired) electrons. The van der Waals surface area contributed by atoms with Crippen LogP contribution in [0, 0.1) is 5.82 Å². The topological polar surface area (TPSA) is 41.9 Å². The second-order valence-electron chi connectivity index (χ2n) is 6.08. The predicted octanol–water partition coefficient (Wildman–Crippen LogP) is 4.85. The number of amides is 1. The van der Waals surface area contributed by atoms with Gasteiger partial charge < -0.3 is 4.74 Å². The molecule has 1 amide bonds. The number of likely N-dealkylation sites (N-methyl/N-ethyl adjacent to an activating group) is 1. The molecule has 1 aliphatic heterocycles. The van der Waals surface area contributed by atoms with Crippen LogP contribution in [-0.4, -0.2) is 29.1 Å². The maximum Gasteiger partial charge on any atom is 0.266 e. The summed E-state index contributed by atoms with van der Waals surface area (Å²) in [6, 6.07) is 13.4. The van der Waals surface area contributed by atoms with Gasteiger partial charge in [-0.15, -0.1) is 0 Å². The molecule has 134 valence electrons. The van der Waals surface area contributed by atoms with Gasteiger partial charge in [-0.1, -0.05) is 12.1 Å². The molecule has 1 heterocycles. The van der Waals surface area contributed by atoms with E-state index >= 15 is 0 Å². The lowest BCUT2D eigenvalue weighted by atomic mass is 10.2. The molecule has 3 rings (SSSR count). The summed E-state index contributed by atoms with van der Waals surface area (Å²) < 4.78 is 18.7. The Balaban J connectivity index is 1.84. The van der Waals surface area contributed by atoms with Crippen LogP contribution in [0.25, 0.3) is 6.08 Å². The summed E-state index contributed by atoms with van der Waals surface area (Å²) in [6.07, 6.45) is 1.91. The van der Waals surface area contributed by atoms with E-state index in [-0.39, 0.29) is 17.8 Å². The molecule has 1 fully saturated rings. The third-order valence-electron chi connectivity index (χ3n) is 3.58. The summed E-state index contributed by atoms with van der Waals surface area (Å²) in [6.45, 7) is 3.93. The van der Waals surface area contributed by atoms with E-state index in [2.05, 4.69) is 4.99 Å². The second-order valence-corrected chi connectivity index (χ2v) is 7.09. The molecule has 0 unspecified atom stereocenters. The third kappa shape index (κ3) is 4.32. The number of halogens is 1. The Hall–Kier alpha value is -2.60. The fourth-order valence-corrected chi connectivity index (χ4v) is 3.37. The first-order valence-corrected chi connectivity index (χ1v) is 9.02. The van der Waals surface area contributed by atoms with Crippen molar-refractivity contribution in [1.82, 2.24) is 4.90 Å². The highest BCUT2D eigenvalue weighted by atomic mass is 32.2. The Labute approximate surface area is 156 Å². The van der Waals surface area contributed by atoms with E-state index in [1.54, 1.807) is 19.2 Å². The zero-order chi connectivity index (χ0) is 18.7. The summed E-state index contributed by atoms with van der Waals surface area (Å²) in [7, 11) is 1.68. The number of rotatable bonds is 4. The fraction of sp³-hybridized carbons (Fsp3) is 0.200. The van der Waals surface area contributed by atoms with Crippen LogP contribution in [0.5, 0.6) is 5.75 Å². The standard InChI is InChI=1S/C20H19FN2O2S/c1-13(2)25-17-6-4-5-14(11-17)12-18-19(24)23(3)20(26-18)22-16-9-7-15(21)8-10-16/h4-13H,1-3H3/b18-12+,22-20?. The Morgan fingerprint density at radius 1 is 1.19 bits per heavy atom. The van der Waals surface area contributed by atoms with Gasteiger partial charge in [-0.2, -0.15) is 0 Å². The molecule has 26 heavy (non-hydrogen) atoms. The molecule has 0 saturated carbocycles. The minimum atomic E-state index is -0.318. The molecular formula is C20H19FN2O2S. The van der Waals surface area contributed by atoms with Crippen LogP contribution in [0.1, 0.15) is 19.4 Å². The van der Waals surface area contributed by atoms with Crippen molar-refractivity contribution in [2.75, 3.05) is 7.05 Å². The smallest absolute Gasteiger partial charge is 0.266 e. The molecule has 1 aliphatic rings. The van der Waals surface area contributed by atoms with Crippen LogP contribution in [0.4, 0.5) is 10.1 Å². The number of amidine groups is 1. The number of benzene rings is 2. The van der Waals surface area contributed by atoms with Gasteiger partial charge in [-0.05, 0) is 73.6 Å². The SMILES string of the molecule is CC(C)Oc1cccc(/C=C2/SC(=Nc3ccc(F)cc3)N(C)C2=O)c1. The van der Waals surface area contributed by atoms with E-state index in [1.807, 2.05) is 44.2 Å². The van der Waals surface area contributed by atoms with Crippen molar-refractivity contribution in [2.24, 2.45) is 4.99 Å². The largest absolute Gasteiger partial charge is 0.491 e. The van der Waals surface area contributed by atoms with Gasteiger partial charge in [0.25, 0.3) is 5.91 Å². The Morgan fingerprint density at radius 3 is 2.62 bits per heavy atom. The number of hydrogen-bond donors (Lipinski definition) is 0. The van der Waals surface area contributed by atoms with Crippen molar-refractivity contribution in [3.8, 4) is 5.75 Å². The van der Waals surface area contributed by atoms with E-state index in [4.69, 9.17) is 4.74 Å². The lowest BCUT2D eigenvalue weighted by Crippen LogP contribution is -2.23. The average Bonchev–Trinajstić information content (AvgIpc) is 2.85. The summed E-state index contributed by atoms with van der Waals surface area (Å²) >= 11 is 1.29. The number of aliphatic imine (C=N–C) groups is 1. The van der Waals surface area contributed by atoms with Gasteiger partial charge >= 0.3 is 0 Å². The van der Waals surface area contributed by atoms with E-state index in [1.165, 1.54) is 28.8 Å². The highest BCUT2D eigenvalue weighted by molar-refractivity contribution is 8.18. The number of hydrogen-bond acceptors (Lipinski definition) is 4. The van der Waals surface area contributed by atoms with Crippen molar-refractivity contribution >= 4 is 34.6 Å². The van der Waals surface area contributed by atoms with Crippen molar-refractivity contribution in [1.29, 1.82) is 0 Å². The van der Waals surface area contributed by atoms with Crippen molar-refractivity contribution in [3.63, 3.8) is 0 Å². The Morgan fingerprint density at radius 2 is 1.92 bits per heavy atom. The molecule has 4 nitrogen and oxygen atoms in total. The first-order chi connectivity index (χ1) is 12.4. The number of carbonyl (C=O) groups excluding carboxylic acids is 1. The highest BCUT2D eigenvalue weighted by Crippen LogP contribution is 2.33. The summed E-state index contributed by atoms with van der Waals surface area (Å²) in [5.41, 5.74) is 1.48. The summed E-state index contributed by atoms with van der Waals surface area (Å²) in [4.78, 5) is 19.0. The second kappa shape index (κ2) is 7.74. The minimum absolute atomic E-state index is 0.0842. The number of carbonyl (C=O) groups is 1. The van der Waals surface area contributed by atoms with Gasteiger partial charge in [-0.25, -0.2) is 9.38 Å². The average molecular weight is 370 g/mol. The van der Waals surface area contributed by atoms with Crippen LogP contribution in [0.3, 0.4) is 0 Å². The monoisotopic (exact) mass is 370 g/mol. The zero-order valence-corrected chi connectivity index (χ0v) is 15.6. The van der Waals surface area contributed by atoms with Crippen LogP contribution < -0.4 is 4.74 Å². The van der Waals surface area contributed by atoms with Crippen molar-refractivity contribution in [3.05, 3.63) is 64.8 Å². The maximum atomic E-state index is 13.0. The molecule has 0 bridgehead atoms. The molecule has 1 saturated heterocycles. The Bertz CT molecular complexity index is 876. The molecule has 2 aromatic rings. The zero-order valence-electron chi connectivity index (χ0n) is 14.8. The molecule has 0 aromatic heterocycles. The molecular weight excluding hydrogens is 351 g/mol. The molecule has 0 N–H and O–H groups in total. The van der Waals surface area contributed by atoms with E-state index in [0.717, 1.165) is 11.3 Å². The fourth-order valence-electron chi connectivity index (χ4n) is 2.38. The lowest BCUT2D eigenvalue weighted by Gasteiger charge is -2.09. The number of nitrogens with zero attached hydrogens (tertiary/aromatic N) is 2.